The first-order valence-corrected chi connectivity index (χ1v) is 4.27. The molecule has 0 amide bonds. The smallest absolute Gasteiger partial charge is 0.138 e. The van der Waals surface area contributed by atoms with Gasteiger partial charge in [0, 0.05) is 5.56 Å². The van der Waals surface area contributed by atoms with Crippen LogP contribution < -0.4 is 0 Å². The van der Waals surface area contributed by atoms with Crippen molar-refractivity contribution in [1.29, 1.82) is 0 Å². The maximum atomic E-state index is 9.59. The monoisotopic (exact) mass is 197 g/mol. The SMILES string of the molecule is O[C@@H]1C(Cl)=Nc2ccccc2[C@@H]1O. The van der Waals surface area contributed by atoms with Crippen molar-refractivity contribution in [2.45, 2.75) is 12.2 Å². The van der Waals surface area contributed by atoms with Gasteiger partial charge >= 0.3 is 0 Å². The lowest BCUT2D eigenvalue weighted by molar-refractivity contribution is 0.0600. The van der Waals surface area contributed by atoms with Gasteiger partial charge in [0.05, 0.1) is 5.69 Å². The van der Waals surface area contributed by atoms with Gasteiger partial charge in [0.1, 0.15) is 17.4 Å². The Balaban J connectivity index is 2.56. The normalized spacial score (nSPS) is 26.5. The van der Waals surface area contributed by atoms with Crippen molar-refractivity contribution >= 4 is 22.5 Å². The van der Waals surface area contributed by atoms with Gasteiger partial charge in [-0.25, -0.2) is 4.99 Å². The quantitative estimate of drug-likeness (QED) is 0.660. The lowest BCUT2D eigenvalue weighted by Crippen LogP contribution is -2.27. The first kappa shape index (κ1) is 8.69. The van der Waals surface area contributed by atoms with Crippen molar-refractivity contribution in [2.75, 3.05) is 0 Å². The summed E-state index contributed by atoms with van der Waals surface area (Å²) < 4.78 is 0. The molecule has 1 aliphatic heterocycles. The van der Waals surface area contributed by atoms with Crippen molar-refractivity contribution in [3.63, 3.8) is 0 Å². The lowest BCUT2D eigenvalue weighted by Gasteiger charge is -2.22. The van der Waals surface area contributed by atoms with Crippen molar-refractivity contribution in [2.24, 2.45) is 4.99 Å². The molecular weight excluding hydrogens is 190 g/mol. The predicted octanol–water partition coefficient (Wildman–Crippen LogP) is 1.36. The third kappa shape index (κ3) is 1.35. The number of halogens is 1. The van der Waals surface area contributed by atoms with Gasteiger partial charge in [-0.05, 0) is 6.07 Å². The van der Waals surface area contributed by atoms with E-state index in [2.05, 4.69) is 4.99 Å². The number of aliphatic hydroxyl groups excluding tert-OH is 2. The standard InChI is InChI=1S/C9H8ClNO2/c10-9-8(13)7(12)5-3-1-2-4-6(5)11-9/h1-4,7-8,12-13H/t7-,8-/m0/s1. The van der Waals surface area contributed by atoms with Crippen molar-refractivity contribution in [3.05, 3.63) is 29.8 Å². The number of nitrogens with zero attached hydrogens (tertiary/aromatic N) is 1. The largest absolute Gasteiger partial charge is 0.385 e. The Kier molecular flexibility index (Phi) is 2.07. The van der Waals surface area contributed by atoms with E-state index in [0.717, 1.165) is 0 Å². The van der Waals surface area contributed by atoms with Crippen LogP contribution >= 0.6 is 11.6 Å². The van der Waals surface area contributed by atoms with Crippen LogP contribution in [0, 0.1) is 0 Å². The van der Waals surface area contributed by atoms with E-state index < -0.39 is 12.2 Å². The van der Waals surface area contributed by atoms with E-state index in [9.17, 15) is 10.2 Å². The summed E-state index contributed by atoms with van der Waals surface area (Å²) in [7, 11) is 0. The third-order valence-corrected chi connectivity index (χ3v) is 2.33. The maximum absolute atomic E-state index is 9.59. The molecule has 0 aliphatic carbocycles. The van der Waals surface area contributed by atoms with Crippen LogP contribution in [0.5, 0.6) is 0 Å². The highest BCUT2D eigenvalue weighted by Gasteiger charge is 2.28. The fourth-order valence-electron chi connectivity index (χ4n) is 1.32. The second-order valence-corrected chi connectivity index (χ2v) is 3.27. The summed E-state index contributed by atoms with van der Waals surface area (Å²) in [5.74, 6) is 0. The molecule has 1 heterocycles. The minimum absolute atomic E-state index is 0.0335. The molecule has 2 atom stereocenters. The zero-order valence-corrected chi connectivity index (χ0v) is 7.44. The molecule has 0 fully saturated rings. The van der Waals surface area contributed by atoms with Gasteiger partial charge in [-0.3, -0.25) is 0 Å². The summed E-state index contributed by atoms with van der Waals surface area (Å²) >= 11 is 5.63. The van der Waals surface area contributed by atoms with Crippen molar-refractivity contribution in [3.8, 4) is 0 Å². The molecule has 0 spiro atoms. The minimum atomic E-state index is -1.10. The molecule has 0 saturated heterocycles. The molecule has 1 aliphatic rings. The summed E-state index contributed by atoms with van der Waals surface area (Å²) in [4.78, 5) is 3.95. The molecule has 0 unspecified atom stereocenters. The van der Waals surface area contributed by atoms with Crippen LogP contribution in [0.2, 0.25) is 0 Å². The van der Waals surface area contributed by atoms with E-state index in [1.807, 2.05) is 0 Å². The van der Waals surface area contributed by atoms with Crippen LogP contribution in [-0.2, 0) is 0 Å². The Labute approximate surface area is 80.3 Å². The molecule has 0 aromatic heterocycles. The van der Waals surface area contributed by atoms with E-state index >= 15 is 0 Å². The molecule has 0 radical (unpaired) electrons. The molecule has 0 saturated carbocycles. The summed E-state index contributed by atoms with van der Waals surface area (Å²) in [5, 5.41) is 19.0. The Morgan fingerprint density at radius 2 is 1.85 bits per heavy atom. The Morgan fingerprint density at radius 1 is 1.15 bits per heavy atom. The number of aliphatic hydroxyl groups is 2. The second-order valence-electron chi connectivity index (χ2n) is 2.88. The highest BCUT2D eigenvalue weighted by molar-refractivity contribution is 6.67. The van der Waals surface area contributed by atoms with Crippen molar-refractivity contribution in [1.82, 2.24) is 0 Å². The Bertz CT molecular complexity index is 364. The molecular formula is C9H8ClNO2. The number of rotatable bonds is 0. The molecule has 1 aromatic rings. The molecule has 4 heteroatoms. The fourth-order valence-corrected chi connectivity index (χ4v) is 1.53. The number of benzene rings is 1. The topological polar surface area (TPSA) is 52.8 Å². The average Bonchev–Trinajstić information content (AvgIpc) is 2.15. The highest BCUT2D eigenvalue weighted by Crippen LogP contribution is 2.33. The summed E-state index contributed by atoms with van der Waals surface area (Å²) in [5.41, 5.74) is 1.23. The molecule has 0 bridgehead atoms. The molecule has 2 rings (SSSR count). The van der Waals surface area contributed by atoms with E-state index in [0.29, 0.717) is 11.3 Å². The van der Waals surface area contributed by atoms with E-state index in [4.69, 9.17) is 11.6 Å². The van der Waals surface area contributed by atoms with Gasteiger partial charge in [-0.15, -0.1) is 0 Å². The average molecular weight is 198 g/mol. The van der Waals surface area contributed by atoms with Gasteiger partial charge in [-0.1, -0.05) is 29.8 Å². The van der Waals surface area contributed by atoms with Crippen LogP contribution in [-0.4, -0.2) is 21.5 Å². The Hall–Kier alpha value is -0.900. The van der Waals surface area contributed by atoms with Crippen molar-refractivity contribution < 1.29 is 10.2 Å². The predicted molar refractivity (Wildman–Crippen MR) is 50.4 cm³/mol. The van der Waals surface area contributed by atoms with E-state index in [-0.39, 0.29) is 5.17 Å². The van der Waals surface area contributed by atoms with Crippen LogP contribution in [0.25, 0.3) is 0 Å². The van der Waals surface area contributed by atoms with Gasteiger partial charge in [0.2, 0.25) is 0 Å². The maximum Gasteiger partial charge on any atom is 0.138 e. The van der Waals surface area contributed by atoms with E-state index in [1.165, 1.54) is 0 Å². The number of aliphatic imine (C=N–C) groups is 1. The molecule has 68 valence electrons. The first-order valence-electron chi connectivity index (χ1n) is 3.89. The zero-order chi connectivity index (χ0) is 9.42. The summed E-state index contributed by atoms with van der Waals surface area (Å²) in [6.07, 6.45) is -2.07. The number of hydrogen-bond acceptors (Lipinski definition) is 3. The van der Waals surface area contributed by atoms with Crippen LogP contribution in [0.15, 0.2) is 29.3 Å². The first-order chi connectivity index (χ1) is 6.20. The Morgan fingerprint density at radius 3 is 2.62 bits per heavy atom. The van der Waals surface area contributed by atoms with Crippen LogP contribution in [0.3, 0.4) is 0 Å². The molecule has 1 aromatic carbocycles. The molecule has 2 N–H and O–H groups in total. The third-order valence-electron chi connectivity index (χ3n) is 2.03. The fraction of sp³-hybridized carbons (Fsp3) is 0.222. The van der Waals surface area contributed by atoms with Crippen LogP contribution in [0.4, 0.5) is 5.69 Å². The molecule has 13 heavy (non-hydrogen) atoms. The second kappa shape index (κ2) is 3.10. The zero-order valence-electron chi connectivity index (χ0n) is 6.68. The van der Waals surface area contributed by atoms with Gasteiger partial charge in [0.25, 0.3) is 0 Å². The summed E-state index contributed by atoms with van der Waals surface area (Å²) in [6.45, 7) is 0. The van der Waals surface area contributed by atoms with Gasteiger partial charge < -0.3 is 10.2 Å². The lowest BCUT2D eigenvalue weighted by atomic mass is 10.0. The number of para-hydroxylation sites is 1. The van der Waals surface area contributed by atoms with Gasteiger partial charge in [-0.2, -0.15) is 0 Å². The number of hydrogen-bond donors (Lipinski definition) is 2. The van der Waals surface area contributed by atoms with E-state index in [1.54, 1.807) is 24.3 Å². The minimum Gasteiger partial charge on any atom is -0.385 e. The van der Waals surface area contributed by atoms with Gasteiger partial charge in [0.15, 0.2) is 0 Å². The highest BCUT2D eigenvalue weighted by atomic mass is 35.5. The van der Waals surface area contributed by atoms with Crippen LogP contribution in [0.1, 0.15) is 11.7 Å². The summed E-state index contributed by atoms with van der Waals surface area (Å²) in [6, 6.07) is 7.04. The number of fused-ring (bicyclic) bond motifs is 1. The molecule has 3 nitrogen and oxygen atoms in total.